The van der Waals surface area contributed by atoms with Crippen molar-refractivity contribution >= 4 is 11.8 Å². The second kappa shape index (κ2) is 3.09. The summed E-state index contributed by atoms with van der Waals surface area (Å²) in [7, 11) is 0. The van der Waals surface area contributed by atoms with Crippen LogP contribution in [0, 0.1) is 17.0 Å². The maximum Gasteiger partial charge on any atom is 0.512 e. The molecule has 0 bridgehead atoms. The first-order chi connectivity index (χ1) is 6.02. The summed E-state index contributed by atoms with van der Waals surface area (Å²) in [4.78, 5) is 19.6. The summed E-state index contributed by atoms with van der Waals surface area (Å²) in [6.45, 7) is 1.39. The Labute approximate surface area is 71.3 Å². The fourth-order valence-electron chi connectivity index (χ4n) is 0.770. The Kier molecular flexibility index (Phi) is 2.13. The number of H-pyrrole nitrogens is 1. The minimum Gasteiger partial charge on any atom is -0.449 e. The fraction of sp³-hybridized carbons (Fsp3) is 0.200. The first-order valence-corrected chi connectivity index (χ1v) is 3.12. The lowest BCUT2D eigenvalue weighted by Crippen LogP contribution is -2.05. The van der Waals surface area contributed by atoms with Gasteiger partial charge >= 0.3 is 17.7 Å². The van der Waals surface area contributed by atoms with Gasteiger partial charge in [-0.25, -0.2) is 4.79 Å². The highest BCUT2D eigenvalue weighted by Gasteiger charge is 2.24. The molecule has 0 fully saturated rings. The molecule has 13 heavy (non-hydrogen) atoms. The molecule has 0 aliphatic rings. The number of hydrogen-bond acceptors (Lipinski definition) is 5. The van der Waals surface area contributed by atoms with E-state index in [0.29, 0.717) is 0 Å². The number of aromatic amines is 1. The van der Waals surface area contributed by atoms with Gasteiger partial charge in [0.25, 0.3) is 0 Å². The Hall–Kier alpha value is -2.12. The first kappa shape index (κ1) is 8.97. The molecule has 8 heteroatoms. The van der Waals surface area contributed by atoms with Gasteiger partial charge in [-0.2, -0.15) is 0 Å². The van der Waals surface area contributed by atoms with Gasteiger partial charge in [-0.15, -0.1) is 5.10 Å². The zero-order valence-electron chi connectivity index (χ0n) is 6.47. The van der Waals surface area contributed by atoms with E-state index in [4.69, 9.17) is 5.11 Å². The average Bonchev–Trinajstić information content (AvgIpc) is 2.30. The van der Waals surface area contributed by atoms with E-state index in [1.54, 1.807) is 0 Å². The van der Waals surface area contributed by atoms with Crippen LogP contribution in [-0.2, 0) is 0 Å². The predicted molar refractivity (Wildman–Crippen MR) is 38.6 cm³/mol. The van der Waals surface area contributed by atoms with Crippen LogP contribution in [0.1, 0.15) is 5.69 Å². The van der Waals surface area contributed by atoms with Crippen LogP contribution in [0.5, 0.6) is 5.88 Å². The van der Waals surface area contributed by atoms with Gasteiger partial charge in [-0.05, 0) is 6.92 Å². The van der Waals surface area contributed by atoms with Crippen LogP contribution in [0.4, 0.5) is 10.5 Å². The zero-order valence-corrected chi connectivity index (χ0v) is 6.47. The predicted octanol–water partition coefficient (Wildman–Crippen LogP) is 0.683. The molecule has 1 rings (SSSR count). The SMILES string of the molecule is Cc1[nH]nc(OC(=O)O)c1[N+](=O)[O-]. The van der Waals surface area contributed by atoms with Gasteiger partial charge in [0.2, 0.25) is 0 Å². The molecule has 0 atom stereocenters. The summed E-state index contributed by atoms with van der Waals surface area (Å²) in [5.74, 6) is -0.546. The van der Waals surface area contributed by atoms with Gasteiger partial charge in [0.15, 0.2) is 0 Å². The largest absolute Gasteiger partial charge is 0.512 e. The summed E-state index contributed by atoms with van der Waals surface area (Å²) >= 11 is 0. The minimum absolute atomic E-state index is 0.140. The number of ether oxygens (including phenoxy) is 1. The third kappa shape index (κ3) is 1.72. The number of nitrogens with one attached hydrogen (secondary N) is 1. The molecular weight excluding hydrogens is 182 g/mol. The van der Waals surface area contributed by atoms with E-state index >= 15 is 0 Å². The fourth-order valence-corrected chi connectivity index (χ4v) is 0.770. The van der Waals surface area contributed by atoms with Crippen molar-refractivity contribution in [1.29, 1.82) is 0 Å². The Morgan fingerprint density at radius 1 is 1.77 bits per heavy atom. The highest BCUT2D eigenvalue weighted by atomic mass is 16.7. The number of carbonyl (C=O) groups is 1. The van der Waals surface area contributed by atoms with Crippen molar-refractivity contribution in [2.75, 3.05) is 0 Å². The molecule has 0 saturated heterocycles. The van der Waals surface area contributed by atoms with Crippen LogP contribution < -0.4 is 4.74 Å². The van der Waals surface area contributed by atoms with Crippen LogP contribution in [0.15, 0.2) is 0 Å². The molecule has 0 aromatic carbocycles. The third-order valence-electron chi connectivity index (χ3n) is 1.25. The van der Waals surface area contributed by atoms with E-state index in [9.17, 15) is 14.9 Å². The highest BCUT2D eigenvalue weighted by Crippen LogP contribution is 2.26. The first-order valence-electron chi connectivity index (χ1n) is 3.12. The van der Waals surface area contributed by atoms with E-state index in [1.165, 1.54) is 6.92 Å². The second-order valence-corrected chi connectivity index (χ2v) is 2.13. The molecule has 0 aliphatic carbocycles. The van der Waals surface area contributed by atoms with E-state index in [-0.39, 0.29) is 5.69 Å². The Balaban J connectivity index is 3.07. The molecule has 2 N–H and O–H groups in total. The van der Waals surface area contributed by atoms with E-state index in [2.05, 4.69) is 14.9 Å². The molecule has 1 aromatic rings. The van der Waals surface area contributed by atoms with Gasteiger partial charge in [-0.1, -0.05) is 0 Å². The molecule has 0 unspecified atom stereocenters. The van der Waals surface area contributed by atoms with Crippen molar-refractivity contribution in [3.05, 3.63) is 15.8 Å². The highest BCUT2D eigenvalue weighted by molar-refractivity contribution is 5.63. The molecule has 0 saturated carbocycles. The number of hydrogen-bond donors (Lipinski definition) is 2. The Morgan fingerprint density at radius 3 is 2.85 bits per heavy atom. The van der Waals surface area contributed by atoms with Crippen molar-refractivity contribution in [2.45, 2.75) is 6.92 Å². The van der Waals surface area contributed by atoms with Crippen molar-refractivity contribution < 1.29 is 19.6 Å². The molecule has 0 spiro atoms. The van der Waals surface area contributed by atoms with Crippen LogP contribution in [-0.4, -0.2) is 26.4 Å². The summed E-state index contributed by atoms with van der Waals surface area (Å²) in [5.41, 5.74) is -0.330. The van der Waals surface area contributed by atoms with Gasteiger partial charge in [0, 0.05) is 0 Å². The topological polar surface area (TPSA) is 118 Å². The van der Waals surface area contributed by atoms with Crippen LogP contribution in [0.2, 0.25) is 0 Å². The summed E-state index contributed by atoms with van der Waals surface area (Å²) in [6.07, 6.45) is -1.64. The second-order valence-electron chi connectivity index (χ2n) is 2.13. The number of nitrogens with zero attached hydrogens (tertiary/aromatic N) is 2. The normalized spacial score (nSPS) is 9.62. The van der Waals surface area contributed by atoms with Crippen molar-refractivity contribution in [1.82, 2.24) is 10.2 Å². The molecule has 0 aliphatic heterocycles. The van der Waals surface area contributed by atoms with Gasteiger partial charge in [0.1, 0.15) is 5.69 Å². The lowest BCUT2D eigenvalue weighted by atomic mass is 10.4. The monoisotopic (exact) mass is 187 g/mol. The maximum absolute atomic E-state index is 10.4. The molecule has 1 aromatic heterocycles. The van der Waals surface area contributed by atoms with Crippen molar-refractivity contribution in [3.63, 3.8) is 0 Å². The van der Waals surface area contributed by atoms with Crippen LogP contribution >= 0.6 is 0 Å². The van der Waals surface area contributed by atoms with E-state index < -0.39 is 22.6 Å². The quantitative estimate of drug-likeness (QED) is 0.399. The van der Waals surface area contributed by atoms with Gasteiger partial charge in [-0.3, -0.25) is 15.2 Å². The van der Waals surface area contributed by atoms with Gasteiger partial charge in [0.05, 0.1) is 4.92 Å². The maximum atomic E-state index is 10.4. The molecule has 0 amide bonds. The van der Waals surface area contributed by atoms with Crippen LogP contribution in [0.3, 0.4) is 0 Å². The number of nitro groups is 1. The lowest BCUT2D eigenvalue weighted by Gasteiger charge is -1.92. The van der Waals surface area contributed by atoms with Crippen LogP contribution in [0.25, 0.3) is 0 Å². The zero-order chi connectivity index (χ0) is 10.0. The summed E-state index contributed by atoms with van der Waals surface area (Å²) < 4.78 is 4.06. The Morgan fingerprint density at radius 2 is 2.38 bits per heavy atom. The smallest absolute Gasteiger partial charge is 0.449 e. The number of rotatable bonds is 2. The average molecular weight is 187 g/mol. The molecule has 0 radical (unpaired) electrons. The van der Waals surface area contributed by atoms with Gasteiger partial charge < -0.3 is 9.84 Å². The minimum atomic E-state index is -1.64. The number of carboxylic acid groups (broad SMARTS) is 1. The lowest BCUT2D eigenvalue weighted by molar-refractivity contribution is -0.386. The number of aryl methyl sites for hydroxylation is 1. The summed E-state index contributed by atoms with van der Waals surface area (Å²) in [6, 6.07) is 0. The third-order valence-corrected chi connectivity index (χ3v) is 1.25. The molecule has 70 valence electrons. The Bertz CT molecular complexity index is 357. The van der Waals surface area contributed by atoms with E-state index in [0.717, 1.165) is 0 Å². The molecule has 1 heterocycles. The summed E-state index contributed by atoms with van der Waals surface area (Å²) in [5, 5.41) is 24.1. The standard InChI is InChI=1S/C5H5N3O5/c1-2-3(8(11)12)4(7-6-2)13-5(9)10/h1H3,(H,6,7)(H,9,10). The van der Waals surface area contributed by atoms with Crippen molar-refractivity contribution in [2.24, 2.45) is 0 Å². The van der Waals surface area contributed by atoms with Crippen molar-refractivity contribution in [3.8, 4) is 5.88 Å². The van der Waals surface area contributed by atoms with E-state index in [1.807, 2.05) is 0 Å². The molecular formula is C5H5N3O5. The molecule has 8 nitrogen and oxygen atoms in total. The number of aromatic nitrogens is 2.